The first kappa shape index (κ1) is 23.3. The van der Waals surface area contributed by atoms with Crippen molar-refractivity contribution < 1.29 is 14.4 Å². The number of rotatable bonds is 6. The molecular weight excluding hydrogens is 476 g/mol. The zero-order valence-electron chi connectivity index (χ0n) is 20.9. The standard InChI is InChI=1S/C32H24N2O4/c1-37-27-15-13-25(14-16-27)33-30-18-17-28(38-2)20-29(30)31(22-9-11-26(12-10-22)34(35)36)32(33)24-8-7-21-5-3-4-6-23(21)19-24/h3-20H,1-2H3. The Labute approximate surface area is 219 Å². The zero-order chi connectivity index (χ0) is 26.2. The van der Waals surface area contributed by atoms with Crippen LogP contribution in [-0.2, 0) is 0 Å². The van der Waals surface area contributed by atoms with E-state index >= 15 is 0 Å². The molecule has 0 spiro atoms. The fourth-order valence-electron chi connectivity index (χ4n) is 5.05. The van der Waals surface area contributed by atoms with Gasteiger partial charge in [0.1, 0.15) is 11.5 Å². The van der Waals surface area contributed by atoms with E-state index in [1.165, 1.54) is 0 Å². The Balaban J connectivity index is 1.73. The van der Waals surface area contributed by atoms with Gasteiger partial charge in [-0.2, -0.15) is 0 Å². The molecular formula is C32H24N2O4. The number of aromatic nitrogens is 1. The van der Waals surface area contributed by atoms with Gasteiger partial charge in [-0.25, -0.2) is 0 Å². The van der Waals surface area contributed by atoms with E-state index in [9.17, 15) is 10.1 Å². The molecule has 0 amide bonds. The maximum Gasteiger partial charge on any atom is 0.269 e. The Bertz CT molecular complexity index is 1800. The molecule has 5 aromatic carbocycles. The molecule has 6 aromatic rings. The lowest BCUT2D eigenvalue weighted by molar-refractivity contribution is -0.384. The molecule has 0 saturated carbocycles. The first-order chi connectivity index (χ1) is 18.6. The predicted molar refractivity (Wildman–Crippen MR) is 151 cm³/mol. The number of nitro benzene ring substituents is 1. The highest BCUT2D eigenvalue weighted by Crippen LogP contribution is 2.44. The van der Waals surface area contributed by atoms with Crippen LogP contribution < -0.4 is 9.47 Å². The fourth-order valence-corrected chi connectivity index (χ4v) is 5.05. The van der Waals surface area contributed by atoms with Crippen molar-refractivity contribution in [3.05, 3.63) is 119 Å². The maximum atomic E-state index is 11.4. The van der Waals surface area contributed by atoms with Crippen LogP contribution in [0.25, 0.3) is 49.7 Å². The van der Waals surface area contributed by atoms with Crippen molar-refractivity contribution in [1.29, 1.82) is 0 Å². The van der Waals surface area contributed by atoms with Crippen LogP contribution >= 0.6 is 0 Å². The normalized spacial score (nSPS) is 11.1. The summed E-state index contributed by atoms with van der Waals surface area (Å²) in [4.78, 5) is 11.0. The van der Waals surface area contributed by atoms with Crippen LogP contribution in [0.5, 0.6) is 11.5 Å². The monoisotopic (exact) mass is 500 g/mol. The minimum atomic E-state index is -0.377. The van der Waals surface area contributed by atoms with Gasteiger partial charge >= 0.3 is 0 Å². The molecule has 0 unspecified atom stereocenters. The van der Waals surface area contributed by atoms with E-state index < -0.39 is 0 Å². The molecule has 1 aromatic heterocycles. The van der Waals surface area contributed by atoms with Gasteiger partial charge in [0.15, 0.2) is 0 Å². The highest BCUT2D eigenvalue weighted by Gasteiger charge is 2.23. The Hall–Kier alpha value is -5.10. The summed E-state index contributed by atoms with van der Waals surface area (Å²) in [6.45, 7) is 0. The second kappa shape index (κ2) is 9.41. The summed E-state index contributed by atoms with van der Waals surface area (Å²) in [6, 6.07) is 35.4. The third-order valence-corrected chi connectivity index (χ3v) is 6.89. The smallest absolute Gasteiger partial charge is 0.269 e. The highest BCUT2D eigenvalue weighted by molar-refractivity contribution is 6.07. The molecule has 38 heavy (non-hydrogen) atoms. The highest BCUT2D eigenvalue weighted by atomic mass is 16.6. The van der Waals surface area contributed by atoms with Gasteiger partial charge in [0, 0.05) is 28.8 Å². The quantitative estimate of drug-likeness (QED) is 0.171. The van der Waals surface area contributed by atoms with Gasteiger partial charge in [-0.1, -0.05) is 36.4 Å². The molecule has 0 aliphatic carbocycles. The first-order valence-corrected chi connectivity index (χ1v) is 12.2. The largest absolute Gasteiger partial charge is 0.497 e. The van der Waals surface area contributed by atoms with Crippen molar-refractivity contribution in [2.45, 2.75) is 0 Å². The van der Waals surface area contributed by atoms with Crippen molar-refractivity contribution in [3.63, 3.8) is 0 Å². The van der Waals surface area contributed by atoms with E-state index in [1.54, 1.807) is 26.4 Å². The van der Waals surface area contributed by atoms with Crippen molar-refractivity contribution in [1.82, 2.24) is 4.57 Å². The van der Waals surface area contributed by atoms with Gasteiger partial charge in [0.05, 0.1) is 30.4 Å². The molecule has 6 nitrogen and oxygen atoms in total. The Kier molecular flexibility index (Phi) is 5.77. The summed E-state index contributed by atoms with van der Waals surface area (Å²) >= 11 is 0. The van der Waals surface area contributed by atoms with Crippen LogP contribution in [0.15, 0.2) is 109 Å². The summed E-state index contributed by atoms with van der Waals surface area (Å²) < 4.78 is 13.2. The van der Waals surface area contributed by atoms with Crippen LogP contribution in [0, 0.1) is 10.1 Å². The Morgan fingerprint density at radius 2 is 1.34 bits per heavy atom. The molecule has 0 bridgehead atoms. The van der Waals surface area contributed by atoms with E-state index in [2.05, 4.69) is 41.0 Å². The number of benzene rings is 5. The molecule has 0 fully saturated rings. The molecule has 0 N–H and O–H groups in total. The topological polar surface area (TPSA) is 66.5 Å². The number of nitrogens with zero attached hydrogens (tertiary/aromatic N) is 2. The summed E-state index contributed by atoms with van der Waals surface area (Å²) in [5, 5.41) is 14.6. The number of methoxy groups -OCH3 is 2. The summed E-state index contributed by atoms with van der Waals surface area (Å²) in [6.07, 6.45) is 0. The summed E-state index contributed by atoms with van der Waals surface area (Å²) in [5.74, 6) is 1.51. The molecule has 6 rings (SSSR count). The van der Waals surface area contributed by atoms with Crippen LogP contribution in [0.2, 0.25) is 0 Å². The van der Waals surface area contributed by atoms with E-state index in [-0.39, 0.29) is 10.6 Å². The molecule has 186 valence electrons. The Morgan fingerprint density at radius 1 is 0.684 bits per heavy atom. The molecule has 1 heterocycles. The minimum absolute atomic E-state index is 0.0532. The van der Waals surface area contributed by atoms with Gasteiger partial charge in [0.25, 0.3) is 5.69 Å². The van der Waals surface area contributed by atoms with Gasteiger partial charge in [-0.3, -0.25) is 10.1 Å². The number of ether oxygens (including phenoxy) is 2. The van der Waals surface area contributed by atoms with Gasteiger partial charge in [-0.05, 0) is 82.6 Å². The SMILES string of the molecule is COc1ccc(-n2c(-c3ccc4ccccc4c3)c(-c3ccc([N+](=O)[O-])cc3)c3cc(OC)ccc32)cc1. The number of hydrogen-bond acceptors (Lipinski definition) is 4. The Morgan fingerprint density at radius 3 is 2.03 bits per heavy atom. The minimum Gasteiger partial charge on any atom is -0.497 e. The maximum absolute atomic E-state index is 11.4. The second-order valence-electron chi connectivity index (χ2n) is 9.01. The zero-order valence-corrected chi connectivity index (χ0v) is 20.9. The lowest BCUT2D eigenvalue weighted by Gasteiger charge is -2.14. The van der Waals surface area contributed by atoms with Crippen LogP contribution in [0.3, 0.4) is 0 Å². The molecule has 0 radical (unpaired) electrons. The molecule has 0 aliphatic heterocycles. The third kappa shape index (κ3) is 3.92. The van der Waals surface area contributed by atoms with E-state index in [0.717, 1.165) is 61.2 Å². The molecule has 6 heteroatoms. The van der Waals surface area contributed by atoms with Crippen molar-refractivity contribution in [2.75, 3.05) is 14.2 Å². The van der Waals surface area contributed by atoms with Crippen molar-refractivity contribution in [3.8, 4) is 39.6 Å². The van der Waals surface area contributed by atoms with Crippen LogP contribution in [0.1, 0.15) is 0 Å². The number of non-ortho nitro benzene ring substituents is 1. The second-order valence-corrected chi connectivity index (χ2v) is 9.01. The molecule has 0 aliphatic rings. The molecule has 0 atom stereocenters. The summed E-state index contributed by atoms with van der Waals surface area (Å²) in [7, 11) is 3.30. The average molecular weight is 501 g/mol. The van der Waals surface area contributed by atoms with Gasteiger partial charge in [0.2, 0.25) is 0 Å². The van der Waals surface area contributed by atoms with Crippen molar-refractivity contribution in [2.24, 2.45) is 0 Å². The summed E-state index contributed by atoms with van der Waals surface area (Å²) in [5.41, 5.74) is 5.88. The molecule has 0 saturated heterocycles. The van der Waals surface area contributed by atoms with E-state index in [4.69, 9.17) is 9.47 Å². The van der Waals surface area contributed by atoms with Crippen LogP contribution in [-0.4, -0.2) is 23.7 Å². The number of nitro groups is 1. The third-order valence-electron chi connectivity index (χ3n) is 6.89. The number of hydrogen-bond donors (Lipinski definition) is 0. The average Bonchev–Trinajstić information content (AvgIpc) is 3.31. The first-order valence-electron chi connectivity index (χ1n) is 12.2. The van der Waals surface area contributed by atoms with Gasteiger partial charge in [-0.15, -0.1) is 0 Å². The lowest BCUT2D eigenvalue weighted by Crippen LogP contribution is -1.98. The lowest BCUT2D eigenvalue weighted by atomic mass is 9.96. The van der Waals surface area contributed by atoms with Crippen molar-refractivity contribution >= 4 is 27.4 Å². The fraction of sp³-hybridized carbons (Fsp3) is 0.0625. The predicted octanol–water partition coefficient (Wildman–Crippen LogP) is 8.04. The number of fused-ring (bicyclic) bond motifs is 2. The van der Waals surface area contributed by atoms with Crippen LogP contribution in [0.4, 0.5) is 5.69 Å². The van der Waals surface area contributed by atoms with Gasteiger partial charge < -0.3 is 14.0 Å². The van der Waals surface area contributed by atoms with E-state index in [1.807, 2.05) is 60.7 Å². The van der Waals surface area contributed by atoms with E-state index in [0.29, 0.717) is 0 Å².